The van der Waals surface area contributed by atoms with Gasteiger partial charge in [-0.3, -0.25) is 4.79 Å². The van der Waals surface area contributed by atoms with Gasteiger partial charge in [-0.25, -0.2) is 0 Å². The Bertz CT molecular complexity index is 1170. The Kier molecular flexibility index (Phi) is 3.76. The highest BCUT2D eigenvalue weighted by Crippen LogP contribution is 2.31. The van der Waals surface area contributed by atoms with Crippen molar-refractivity contribution in [1.29, 1.82) is 0 Å². The van der Waals surface area contributed by atoms with Gasteiger partial charge in [0, 0.05) is 19.7 Å². The lowest BCUT2D eigenvalue weighted by Crippen LogP contribution is -2.24. The van der Waals surface area contributed by atoms with Crippen LogP contribution in [0.15, 0.2) is 63.8 Å². The molecule has 0 aliphatic heterocycles. The summed E-state index contributed by atoms with van der Waals surface area (Å²) in [5.41, 5.74) is 1.84. The van der Waals surface area contributed by atoms with Crippen LogP contribution in [-0.2, 0) is 0 Å². The van der Waals surface area contributed by atoms with Crippen LogP contribution in [-0.4, -0.2) is 7.11 Å². The predicted molar refractivity (Wildman–Crippen MR) is 104 cm³/mol. The lowest BCUT2D eigenvalue weighted by Gasteiger charge is -2.08. The third-order valence-corrected chi connectivity index (χ3v) is 4.69. The van der Waals surface area contributed by atoms with E-state index in [-0.39, 0.29) is 5.43 Å². The van der Waals surface area contributed by atoms with E-state index in [1.54, 1.807) is 19.3 Å². The van der Waals surface area contributed by atoms with E-state index in [2.05, 4.69) is 22.6 Å². The van der Waals surface area contributed by atoms with Crippen LogP contribution in [0.1, 0.15) is 5.56 Å². The summed E-state index contributed by atoms with van der Waals surface area (Å²) in [7, 11) is 1.62. The maximum absolute atomic E-state index is 12.9. The number of ether oxygens (including phenoxy) is 1. The fourth-order valence-corrected chi connectivity index (χ4v) is 3.51. The number of rotatable bonds is 2. The Hall–Kier alpha value is -2.34. The van der Waals surface area contributed by atoms with E-state index in [1.807, 2.05) is 48.5 Å². The predicted octanol–water partition coefficient (Wildman–Crippen LogP) is 4.11. The van der Waals surface area contributed by atoms with Crippen LogP contribution in [0.3, 0.4) is 0 Å². The monoisotopic (exact) mass is 428 g/mol. The van der Waals surface area contributed by atoms with Gasteiger partial charge in [-0.2, -0.15) is 0 Å². The molecule has 4 rings (SSSR count). The molecule has 0 N–H and O–H groups in total. The Morgan fingerprint density at radius 2 is 1.88 bits per heavy atom. The summed E-state index contributed by atoms with van der Waals surface area (Å²) in [4.78, 5) is 12.9. The summed E-state index contributed by atoms with van der Waals surface area (Å²) in [6, 6.07) is 17.3. The van der Waals surface area contributed by atoms with Gasteiger partial charge in [0.05, 0.1) is 7.11 Å². The first-order chi connectivity index (χ1) is 11.7. The first-order valence-electron chi connectivity index (χ1n) is 7.47. The molecule has 0 fully saturated rings. The average Bonchev–Trinajstić information content (AvgIpc) is 2.59. The molecule has 3 nitrogen and oxygen atoms in total. The SMILES string of the molecule is COc1ccc2c(=O)c(=Cc3cccc(I)c3)oc3cccc1c32. The smallest absolute Gasteiger partial charge is 0.228 e. The van der Waals surface area contributed by atoms with E-state index in [0.717, 1.165) is 25.7 Å². The molecule has 0 unspecified atom stereocenters. The highest BCUT2D eigenvalue weighted by atomic mass is 127. The Labute approximate surface area is 151 Å². The van der Waals surface area contributed by atoms with Crippen LogP contribution in [0.4, 0.5) is 0 Å². The topological polar surface area (TPSA) is 39.4 Å². The molecule has 0 spiro atoms. The minimum atomic E-state index is -0.111. The summed E-state index contributed by atoms with van der Waals surface area (Å²) in [6.45, 7) is 0. The fraction of sp³-hybridized carbons (Fsp3) is 0.0500. The number of halogens is 1. The van der Waals surface area contributed by atoms with Crippen molar-refractivity contribution in [2.75, 3.05) is 7.11 Å². The van der Waals surface area contributed by atoms with E-state index in [0.29, 0.717) is 16.4 Å². The normalized spacial score (nSPS) is 12.2. The first kappa shape index (κ1) is 15.2. The molecule has 0 amide bonds. The van der Waals surface area contributed by atoms with Crippen molar-refractivity contribution in [3.05, 3.63) is 79.4 Å². The van der Waals surface area contributed by atoms with Crippen molar-refractivity contribution in [3.8, 4) is 5.75 Å². The second kappa shape index (κ2) is 5.94. The first-order valence-corrected chi connectivity index (χ1v) is 8.55. The number of hydrogen-bond donors (Lipinski definition) is 0. The van der Waals surface area contributed by atoms with Gasteiger partial charge in [-0.1, -0.05) is 24.3 Å². The third kappa shape index (κ3) is 2.47. The van der Waals surface area contributed by atoms with Gasteiger partial charge < -0.3 is 9.15 Å². The molecule has 118 valence electrons. The Morgan fingerprint density at radius 3 is 2.67 bits per heavy atom. The molecule has 1 heterocycles. The van der Waals surface area contributed by atoms with Gasteiger partial charge in [0.15, 0.2) is 5.42 Å². The van der Waals surface area contributed by atoms with Crippen LogP contribution in [0, 0.1) is 3.57 Å². The van der Waals surface area contributed by atoms with E-state index < -0.39 is 0 Å². The Morgan fingerprint density at radius 1 is 1.04 bits per heavy atom. The van der Waals surface area contributed by atoms with Gasteiger partial charge in [0.2, 0.25) is 5.43 Å². The number of benzene rings is 3. The van der Waals surface area contributed by atoms with Crippen molar-refractivity contribution in [2.45, 2.75) is 0 Å². The molecule has 0 aliphatic carbocycles. The molecule has 24 heavy (non-hydrogen) atoms. The van der Waals surface area contributed by atoms with Crippen LogP contribution in [0.25, 0.3) is 27.8 Å². The fourth-order valence-electron chi connectivity index (χ4n) is 2.94. The van der Waals surface area contributed by atoms with E-state index in [4.69, 9.17) is 9.15 Å². The van der Waals surface area contributed by atoms with Crippen molar-refractivity contribution < 1.29 is 9.15 Å². The lowest BCUT2D eigenvalue weighted by atomic mass is 10.0. The van der Waals surface area contributed by atoms with E-state index >= 15 is 0 Å². The van der Waals surface area contributed by atoms with Crippen molar-refractivity contribution in [3.63, 3.8) is 0 Å². The molecule has 4 aromatic rings. The summed E-state index contributed by atoms with van der Waals surface area (Å²) in [6.07, 6.45) is 1.79. The highest BCUT2D eigenvalue weighted by molar-refractivity contribution is 14.1. The van der Waals surface area contributed by atoms with E-state index in [9.17, 15) is 4.79 Å². The van der Waals surface area contributed by atoms with Crippen LogP contribution >= 0.6 is 22.6 Å². The minimum absolute atomic E-state index is 0.111. The summed E-state index contributed by atoms with van der Waals surface area (Å²) >= 11 is 2.25. The molecule has 3 aromatic carbocycles. The summed E-state index contributed by atoms with van der Waals surface area (Å²) in [5.74, 6) is 0.733. The molecular formula is C20H13IO3. The van der Waals surface area contributed by atoms with E-state index in [1.165, 1.54) is 0 Å². The molecule has 0 radical (unpaired) electrons. The minimum Gasteiger partial charge on any atom is -0.496 e. The zero-order valence-electron chi connectivity index (χ0n) is 12.9. The van der Waals surface area contributed by atoms with Gasteiger partial charge >= 0.3 is 0 Å². The Balaban J connectivity index is 2.10. The second-order valence-electron chi connectivity index (χ2n) is 5.49. The van der Waals surface area contributed by atoms with Gasteiger partial charge in [-0.15, -0.1) is 0 Å². The number of hydrogen-bond acceptors (Lipinski definition) is 3. The summed E-state index contributed by atoms with van der Waals surface area (Å²) < 4.78 is 12.4. The zero-order valence-corrected chi connectivity index (χ0v) is 15.0. The molecule has 0 bridgehead atoms. The molecule has 1 aromatic heterocycles. The van der Waals surface area contributed by atoms with Crippen molar-refractivity contribution >= 4 is 50.4 Å². The van der Waals surface area contributed by atoms with Crippen LogP contribution < -0.4 is 15.6 Å². The van der Waals surface area contributed by atoms with Gasteiger partial charge in [0.25, 0.3) is 0 Å². The molecule has 0 saturated carbocycles. The quantitative estimate of drug-likeness (QED) is 0.452. The lowest BCUT2D eigenvalue weighted by molar-refractivity contribution is 0.420. The van der Waals surface area contributed by atoms with Crippen LogP contribution in [0.5, 0.6) is 5.75 Å². The van der Waals surface area contributed by atoms with Gasteiger partial charge in [-0.05, 0) is 64.6 Å². The molecular weight excluding hydrogens is 415 g/mol. The molecule has 4 heteroatoms. The number of methoxy groups -OCH3 is 1. The third-order valence-electron chi connectivity index (χ3n) is 4.02. The summed E-state index contributed by atoms with van der Waals surface area (Å²) in [5, 5.41) is 2.33. The van der Waals surface area contributed by atoms with Crippen molar-refractivity contribution in [1.82, 2.24) is 0 Å². The molecule has 0 atom stereocenters. The van der Waals surface area contributed by atoms with Crippen LogP contribution in [0.2, 0.25) is 0 Å². The average molecular weight is 428 g/mol. The maximum atomic E-state index is 12.9. The van der Waals surface area contributed by atoms with Gasteiger partial charge in [0.1, 0.15) is 11.3 Å². The maximum Gasteiger partial charge on any atom is 0.228 e. The highest BCUT2D eigenvalue weighted by Gasteiger charge is 2.12. The molecule has 0 aliphatic rings. The molecule has 0 saturated heterocycles. The standard InChI is InChI=1S/C20H13IO3/c1-23-16-9-8-15-19-14(16)6-3-7-17(19)24-18(20(15)22)11-12-4-2-5-13(21)10-12/h2-11H,1H3. The largest absolute Gasteiger partial charge is 0.496 e. The zero-order chi connectivity index (χ0) is 16.7. The second-order valence-corrected chi connectivity index (χ2v) is 6.73. The van der Waals surface area contributed by atoms with Crippen molar-refractivity contribution in [2.24, 2.45) is 0 Å².